The molecule has 0 spiro atoms. The van der Waals surface area contributed by atoms with Crippen molar-refractivity contribution in [2.45, 2.75) is 32.2 Å². The van der Waals surface area contributed by atoms with Crippen molar-refractivity contribution in [3.63, 3.8) is 0 Å². The molecule has 0 aliphatic heterocycles. The fourth-order valence-corrected chi connectivity index (χ4v) is 3.26. The molecular weight excluding hydrogens is 496 g/mol. The Kier molecular flexibility index (Phi) is 10.4. The Morgan fingerprint density at radius 1 is 1.12 bits per heavy atom. The molecule has 1 amide bonds. The number of carbonyl (C=O) groups is 1. The van der Waals surface area contributed by atoms with Crippen LogP contribution < -0.4 is 27.9 Å². The average molecular weight is 521 g/mol. The van der Waals surface area contributed by atoms with Crippen LogP contribution in [0.25, 0.3) is 22.3 Å². The standard InChI is InChI=1S/C22H23F3N4O3.2ClH/c1-10-18(24)20(28)17-15(30)9-16(32-21(17)19(10)25)11-5-6-14(12(23)8-11)29-22(31)13(27)4-2-3-7-26;;/h5-6,8-9,13H,2-4,7,26-28H2,1H3,(H,29,31);2*1H/t13-;;/m0../s1. The van der Waals surface area contributed by atoms with Gasteiger partial charge in [0.25, 0.3) is 0 Å². The highest BCUT2D eigenvalue weighted by Gasteiger charge is 2.21. The molecule has 2 aromatic carbocycles. The Labute approximate surface area is 205 Å². The van der Waals surface area contributed by atoms with Crippen LogP contribution in [0.4, 0.5) is 24.5 Å². The highest BCUT2D eigenvalue weighted by atomic mass is 35.5. The Hall–Kier alpha value is -2.79. The highest BCUT2D eigenvalue weighted by molar-refractivity contribution is 5.95. The van der Waals surface area contributed by atoms with Gasteiger partial charge in [-0.1, -0.05) is 6.42 Å². The smallest absolute Gasteiger partial charge is 0.241 e. The number of carbonyl (C=O) groups excluding carboxylic acids is 1. The van der Waals surface area contributed by atoms with E-state index in [4.69, 9.17) is 21.6 Å². The fraction of sp³-hybridized carbons (Fsp3) is 0.273. The number of hydrogen-bond donors (Lipinski definition) is 4. The summed E-state index contributed by atoms with van der Waals surface area (Å²) < 4.78 is 48.6. The molecule has 1 atom stereocenters. The molecule has 7 nitrogen and oxygen atoms in total. The summed E-state index contributed by atoms with van der Waals surface area (Å²) in [5.74, 6) is -3.63. The van der Waals surface area contributed by atoms with Gasteiger partial charge in [0.05, 0.1) is 22.8 Å². The first kappa shape index (κ1) is 29.2. The monoisotopic (exact) mass is 520 g/mol. The topological polar surface area (TPSA) is 137 Å². The summed E-state index contributed by atoms with van der Waals surface area (Å²) in [6.07, 6.45) is 1.79. The zero-order chi connectivity index (χ0) is 23.6. The second-order valence-electron chi connectivity index (χ2n) is 7.42. The van der Waals surface area contributed by atoms with Crippen LogP contribution in [0.1, 0.15) is 24.8 Å². The van der Waals surface area contributed by atoms with E-state index >= 15 is 0 Å². The number of amides is 1. The van der Waals surface area contributed by atoms with Crippen LogP contribution >= 0.6 is 24.8 Å². The number of nitrogens with one attached hydrogen (secondary N) is 1. The second-order valence-corrected chi connectivity index (χ2v) is 7.42. The van der Waals surface area contributed by atoms with Gasteiger partial charge in [0, 0.05) is 17.2 Å². The first-order valence-electron chi connectivity index (χ1n) is 9.93. The lowest BCUT2D eigenvalue weighted by molar-refractivity contribution is -0.117. The number of unbranched alkanes of at least 4 members (excludes halogenated alkanes) is 1. The van der Waals surface area contributed by atoms with Crippen molar-refractivity contribution in [2.24, 2.45) is 11.5 Å². The first-order chi connectivity index (χ1) is 15.1. The molecule has 1 heterocycles. The van der Waals surface area contributed by atoms with E-state index < -0.39 is 57.0 Å². The van der Waals surface area contributed by atoms with Crippen LogP contribution in [0.5, 0.6) is 0 Å². The molecule has 0 saturated carbocycles. The van der Waals surface area contributed by atoms with Gasteiger partial charge in [0.2, 0.25) is 5.91 Å². The van der Waals surface area contributed by atoms with Crippen molar-refractivity contribution in [2.75, 3.05) is 17.6 Å². The van der Waals surface area contributed by atoms with E-state index in [9.17, 15) is 22.8 Å². The minimum absolute atomic E-state index is 0. The number of hydrogen-bond acceptors (Lipinski definition) is 6. The number of anilines is 2. The van der Waals surface area contributed by atoms with Crippen molar-refractivity contribution >= 4 is 53.1 Å². The number of halogens is 5. The molecule has 3 rings (SSSR count). The Balaban J connectivity index is 0.00000289. The largest absolute Gasteiger partial charge is 0.453 e. The molecule has 0 unspecified atom stereocenters. The zero-order valence-electron chi connectivity index (χ0n) is 18.1. The Morgan fingerprint density at radius 3 is 2.41 bits per heavy atom. The predicted octanol–water partition coefficient (Wildman–Crippen LogP) is 4.01. The van der Waals surface area contributed by atoms with Crippen LogP contribution in [0.15, 0.2) is 33.5 Å². The van der Waals surface area contributed by atoms with Crippen LogP contribution in [-0.2, 0) is 4.79 Å². The molecule has 34 heavy (non-hydrogen) atoms. The van der Waals surface area contributed by atoms with Crippen LogP contribution in [0, 0.1) is 24.4 Å². The summed E-state index contributed by atoms with van der Waals surface area (Å²) in [5.41, 5.74) is 14.6. The summed E-state index contributed by atoms with van der Waals surface area (Å²) in [5, 5.41) is 1.98. The maximum Gasteiger partial charge on any atom is 0.241 e. The van der Waals surface area contributed by atoms with Gasteiger partial charge in [0.1, 0.15) is 11.6 Å². The molecular formula is C22H25Cl2F3N4O3. The maximum absolute atomic E-state index is 14.6. The Bertz CT molecular complexity index is 1250. The number of fused-ring (bicyclic) bond motifs is 1. The number of nitrogens with two attached hydrogens (primary N) is 3. The summed E-state index contributed by atoms with van der Waals surface area (Å²) in [6.45, 7) is 1.64. The van der Waals surface area contributed by atoms with Gasteiger partial charge in [-0.05, 0) is 44.5 Å². The van der Waals surface area contributed by atoms with E-state index in [2.05, 4.69) is 5.32 Å². The van der Waals surface area contributed by atoms with Crippen LogP contribution in [0.2, 0.25) is 0 Å². The number of rotatable bonds is 7. The molecule has 0 radical (unpaired) electrons. The van der Waals surface area contributed by atoms with Crippen molar-refractivity contribution in [1.82, 2.24) is 0 Å². The SMILES string of the molecule is Cc1c(F)c(N)c2c(=O)cc(-c3ccc(NC(=O)[C@@H](N)CCCCN)c(F)c3)oc2c1F.Cl.Cl. The summed E-state index contributed by atoms with van der Waals surface area (Å²) in [7, 11) is 0. The van der Waals surface area contributed by atoms with E-state index in [0.29, 0.717) is 19.4 Å². The van der Waals surface area contributed by atoms with Crippen molar-refractivity contribution in [3.8, 4) is 11.3 Å². The first-order valence-corrected chi connectivity index (χ1v) is 9.93. The molecule has 186 valence electrons. The lowest BCUT2D eigenvalue weighted by Gasteiger charge is -2.13. The van der Waals surface area contributed by atoms with Gasteiger partial charge in [0.15, 0.2) is 22.6 Å². The predicted molar refractivity (Wildman–Crippen MR) is 131 cm³/mol. The quantitative estimate of drug-likeness (QED) is 0.274. The summed E-state index contributed by atoms with van der Waals surface area (Å²) in [6, 6.07) is 3.79. The minimum Gasteiger partial charge on any atom is -0.453 e. The fourth-order valence-electron chi connectivity index (χ4n) is 3.26. The molecule has 12 heteroatoms. The zero-order valence-corrected chi connectivity index (χ0v) is 19.8. The van der Waals surface area contributed by atoms with Crippen LogP contribution in [-0.4, -0.2) is 18.5 Å². The van der Waals surface area contributed by atoms with Crippen molar-refractivity contribution in [3.05, 3.63) is 57.5 Å². The van der Waals surface area contributed by atoms with Gasteiger partial charge in [-0.3, -0.25) is 9.59 Å². The highest BCUT2D eigenvalue weighted by Crippen LogP contribution is 2.32. The molecule has 1 aromatic heterocycles. The van der Waals surface area contributed by atoms with Gasteiger partial charge in [-0.2, -0.15) is 0 Å². The average Bonchev–Trinajstić information content (AvgIpc) is 2.77. The number of benzene rings is 2. The third-order valence-electron chi connectivity index (χ3n) is 5.13. The summed E-state index contributed by atoms with van der Waals surface area (Å²) in [4.78, 5) is 24.6. The molecule has 0 bridgehead atoms. The lowest BCUT2D eigenvalue weighted by Crippen LogP contribution is -2.35. The molecule has 0 saturated heterocycles. The number of nitrogen functional groups attached to an aromatic ring is 1. The third kappa shape index (κ3) is 5.82. The summed E-state index contributed by atoms with van der Waals surface area (Å²) >= 11 is 0. The molecule has 3 aromatic rings. The van der Waals surface area contributed by atoms with Crippen molar-refractivity contribution in [1.29, 1.82) is 0 Å². The molecule has 7 N–H and O–H groups in total. The van der Waals surface area contributed by atoms with E-state index in [-0.39, 0.29) is 41.8 Å². The Morgan fingerprint density at radius 2 is 1.79 bits per heavy atom. The van der Waals surface area contributed by atoms with Gasteiger partial charge in [-0.15, -0.1) is 24.8 Å². The normalized spacial score (nSPS) is 11.5. The van der Waals surface area contributed by atoms with E-state index in [1.165, 1.54) is 12.1 Å². The third-order valence-corrected chi connectivity index (χ3v) is 5.13. The van der Waals surface area contributed by atoms with Gasteiger partial charge < -0.3 is 26.9 Å². The lowest BCUT2D eigenvalue weighted by atomic mass is 10.1. The van der Waals surface area contributed by atoms with Crippen LogP contribution in [0.3, 0.4) is 0 Å². The van der Waals surface area contributed by atoms with Crippen molar-refractivity contribution < 1.29 is 22.4 Å². The minimum atomic E-state index is -1.07. The maximum atomic E-state index is 14.6. The van der Waals surface area contributed by atoms with E-state index in [1.807, 2.05) is 0 Å². The van der Waals surface area contributed by atoms with E-state index in [1.54, 1.807) is 0 Å². The molecule has 0 aliphatic rings. The van der Waals surface area contributed by atoms with Gasteiger partial charge >= 0.3 is 0 Å². The molecule has 0 aliphatic carbocycles. The van der Waals surface area contributed by atoms with E-state index in [0.717, 1.165) is 25.5 Å². The molecule has 0 fully saturated rings. The van der Waals surface area contributed by atoms with Gasteiger partial charge in [-0.25, -0.2) is 13.2 Å². The second kappa shape index (κ2) is 12.1.